The minimum Gasteiger partial charge on any atom is -0.496 e. The fourth-order valence-corrected chi connectivity index (χ4v) is 2.17. The Kier molecular flexibility index (Phi) is 4.50. The van der Waals surface area contributed by atoms with E-state index in [0.717, 1.165) is 12.1 Å². The first-order valence-corrected chi connectivity index (χ1v) is 7.41. The molecule has 1 unspecified atom stereocenters. The average Bonchev–Trinajstić information content (AvgIpc) is 2.39. The zero-order valence-electron chi connectivity index (χ0n) is 11.4. The molecule has 22 heavy (non-hydrogen) atoms. The van der Waals surface area contributed by atoms with Crippen molar-refractivity contribution in [2.75, 3.05) is 7.11 Å². The van der Waals surface area contributed by atoms with Crippen LogP contribution in [-0.2, 0) is 20.1 Å². The van der Waals surface area contributed by atoms with Crippen LogP contribution in [0.1, 0.15) is 12.8 Å². The number of amides is 2. The van der Waals surface area contributed by atoms with E-state index in [1.165, 1.54) is 13.2 Å². The first kappa shape index (κ1) is 16.0. The number of imide groups is 1. The minimum atomic E-state index is -5.21. The maximum absolute atomic E-state index is 12.6. The Hall–Kier alpha value is -2.36. The van der Waals surface area contributed by atoms with Gasteiger partial charge in [-0.05, 0) is 0 Å². The van der Waals surface area contributed by atoms with Crippen LogP contribution in [0, 0.1) is 0 Å². The van der Waals surface area contributed by atoms with Gasteiger partial charge in [0.1, 0.15) is 11.5 Å². The summed E-state index contributed by atoms with van der Waals surface area (Å²) in [7, 11) is -3.90. The molecule has 0 radical (unpaired) electrons. The molecule has 1 aliphatic heterocycles. The summed E-state index contributed by atoms with van der Waals surface area (Å²) in [5, 5.41) is 2.11. The number of hydrogen-bond acceptors (Lipinski definition) is 7. The summed E-state index contributed by atoms with van der Waals surface area (Å²) in [5.74, 6) is -1.21. The van der Waals surface area contributed by atoms with Crippen molar-refractivity contribution in [2.24, 2.45) is 0 Å². The lowest BCUT2D eigenvalue weighted by Crippen LogP contribution is -2.46. The van der Waals surface area contributed by atoms with E-state index in [9.17, 15) is 21.9 Å². The van der Waals surface area contributed by atoms with Gasteiger partial charge in [0.2, 0.25) is 5.91 Å². The van der Waals surface area contributed by atoms with Crippen LogP contribution in [0.3, 0.4) is 0 Å². The maximum atomic E-state index is 12.6. The van der Waals surface area contributed by atoms with Gasteiger partial charge < -0.3 is 13.7 Å². The highest BCUT2D eigenvalue weighted by Gasteiger charge is 2.28. The zero-order chi connectivity index (χ0) is 16.3. The molecule has 1 aromatic rings. The summed E-state index contributed by atoms with van der Waals surface area (Å²) in [6.45, 7) is 0. The van der Waals surface area contributed by atoms with Gasteiger partial charge in [-0.1, -0.05) is 3.89 Å². The average molecular weight is 333 g/mol. The van der Waals surface area contributed by atoms with E-state index in [2.05, 4.69) is 9.50 Å². The minimum absolute atomic E-state index is 0.0347. The van der Waals surface area contributed by atoms with Crippen molar-refractivity contribution in [2.45, 2.75) is 18.9 Å². The van der Waals surface area contributed by atoms with Crippen molar-refractivity contribution >= 4 is 22.3 Å². The van der Waals surface area contributed by atoms with E-state index >= 15 is 0 Å². The first-order chi connectivity index (χ1) is 10.3. The molecule has 8 nitrogen and oxygen atoms in total. The van der Waals surface area contributed by atoms with Gasteiger partial charge in [-0.15, -0.1) is 0 Å². The highest BCUT2D eigenvalue weighted by molar-refractivity contribution is 7.81. The molecule has 0 bridgehead atoms. The van der Waals surface area contributed by atoms with Crippen molar-refractivity contribution in [3.8, 4) is 17.2 Å². The summed E-state index contributed by atoms with van der Waals surface area (Å²) < 4.78 is 48.0. The van der Waals surface area contributed by atoms with Gasteiger partial charge in [-0.25, -0.2) is 0 Å². The molecular weight excluding hydrogens is 321 g/mol. The smallest absolute Gasteiger partial charge is 0.488 e. The number of carbonyl (C=O) groups excluding carboxylic acids is 2. The number of halogens is 1. The molecule has 1 saturated heterocycles. The quantitative estimate of drug-likeness (QED) is 0.616. The number of ether oxygens (including phenoxy) is 2. The lowest BCUT2D eigenvalue weighted by atomic mass is 10.1. The molecule has 1 N–H and O–H groups in total. The zero-order valence-corrected chi connectivity index (χ0v) is 12.2. The Morgan fingerprint density at radius 2 is 1.82 bits per heavy atom. The van der Waals surface area contributed by atoms with E-state index in [-0.39, 0.29) is 30.1 Å². The number of nitrogens with one attached hydrogen (secondary N) is 1. The number of hydrogen-bond donors (Lipinski definition) is 1. The van der Waals surface area contributed by atoms with E-state index in [1.54, 1.807) is 0 Å². The molecular formula is C12H12FNO7S. The van der Waals surface area contributed by atoms with Crippen molar-refractivity contribution < 1.29 is 35.5 Å². The van der Waals surface area contributed by atoms with Gasteiger partial charge >= 0.3 is 10.5 Å². The van der Waals surface area contributed by atoms with E-state index in [1.807, 2.05) is 0 Å². The van der Waals surface area contributed by atoms with Crippen LogP contribution in [0.4, 0.5) is 3.89 Å². The second-order valence-electron chi connectivity index (χ2n) is 4.38. The predicted octanol–water partition coefficient (Wildman–Crippen LogP) is 0.472. The Balaban J connectivity index is 2.21. The molecule has 10 heteroatoms. The molecule has 0 saturated carbocycles. The van der Waals surface area contributed by atoms with Crippen LogP contribution >= 0.6 is 0 Å². The summed E-state index contributed by atoms with van der Waals surface area (Å²) in [6.07, 6.45) is -0.651. The standard InChI is InChI=1S/C12H12FNO7S/c1-19-7-4-8(6-9(5-7)21-22(13,17)18)20-10-2-3-11(15)14-12(10)16/h4-6,10H,2-3H2,1H3,(H,14,15,16). The van der Waals surface area contributed by atoms with Crippen LogP contribution in [-0.4, -0.2) is 33.4 Å². The van der Waals surface area contributed by atoms with Gasteiger partial charge in [0.25, 0.3) is 5.91 Å². The summed E-state index contributed by atoms with van der Waals surface area (Å²) >= 11 is 0. The van der Waals surface area contributed by atoms with Crippen molar-refractivity contribution in [3.05, 3.63) is 18.2 Å². The van der Waals surface area contributed by atoms with Crippen LogP contribution in [0.15, 0.2) is 18.2 Å². The number of methoxy groups -OCH3 is 1. The molecule has 1 fully saturated rings. The third kappa shape index (κ3) is 4.32. The normalized spacial score (nSPS) is 18.5. The second-order valence-corrected chi connectivity index (χ2v) is 5.33. The molecule has 1 heterocycles. The van der Waals surface area contributed by atoms with Crippen molar-refractivity contribution in [3.63, 3.8) is 0 Å². The monoisotopic (exact) mass is 333 g/mol. The van der Waals surface area contributed by atoms with Gasteiger partial charge in [0.15, 0.2) is 11.9 Å². The van der Waals surface area contributed by atoms with Crippen LogP contribution in [0.5, 0.6) is 17.2 Å². The second kappa shape index (κ2) is 6.18. The van der Waals surface area contributed by atoms with E-state index in [0.29, 0.717) is 0 Å². The van der Waals surface area contributed by atoms with Gasteiger partial charge in [-0.3, -0.25) is 14.9 Å². The third-order valence-corrected chi connectivity index (χ3v) is 3.14. The molecule has 0 aromatic heterocycles. The predicted molar refractivity (Wildman–Crippen MR) is 70.4 cm³/mol. The molecule has 2 amide bonds. The van der Waals surface area contributed by atoms with Crippen molar-refractivity contribution in [1.82, 2.24) is 5.32 Å². The lowest BCUT2D eigenvalue weighted by Gasteiger charge is -2.22. The largest absolute Gasteiger partial charge is 0.496 e. The van der Waals surface area contributed by atoms with Crippen LogP contribution in [0.2, 0.25) is 0 Å². The summed E-state index contributed by atoms with van der Waals surface area (Å²) in [5.41, 5.74) is 0. The van der Waals surface area contributed by atoms with E-state index in [4.69, 9.17) is 9.47 Å². The molecule has 0 aliphatic carbocycles. The highest BCUT2D eigenvalue weighted by Crippen LogP contribution is 2.30. The number of benzene rings is 1. The molecule has 120 valence electrons. The van der Waals surface area contributed by atoms with Crippen LogP contribution < -0.4 is 19.0 Å². The summed E-state index contributed by atoms with van der Waals surface area (Å²) in [6, 6.07) is 3.58. The third-order valence-electron chi connectivity index (χ3n) is 2.75. The topological polar surface area (TPSA) is 108 Å². The lowest BCUT2D eigenvalue weighted by molar-refractivity contribution is -0.138. The van der Waals surface area contributed by atoms with Gasteiger partial charge in [-0.2, -0.15) is 8.42 Å². The summed E-state index contributed by atoms with van der Waals surface area (Å²) in [4.78, 5) is 22.6. The fourth-order valence-electron chi connectivity index (χ4n) is 1.84. The molecule has 2 rings (SSSR count). The maximum Gasteiger partial charge on any atom is 0.488 e. The Bertz CT molecular complexity index is 703. The van der Waals surface area contributed by atoms with Gasteiger partial charge in [0.05, 0.1) is 7.11 Å². The van der Waals surface area contributed by atoms with Gasteiger partial charge in [0, 0.05) is 31.0 Å². The number of rotatable bonds is 5. The Morgan fingerprint density at radius 3 is 2.41 bits per heavy atom. The molecule has 1 atom stereocenters. The highest BCUT2D eigenvalue weighted by atomic mass is 32.3. The first-order valence-electron chi connectivity index (χ1n) is 6.10. The number of carbonyl (C=O) groups is 2. The van der Waals surface area contributed by atoms with Crippen LogP contribution in [0.25, 0.3) is 0 Å². The Labute approximate surface area is 125 Å². The van der Waals surface area contributed by atoms with Crippen molar-refractivity contribution in [1.29, 1.82) is 0 Å². The molecule has 1 aromatic carbocycles. The number of piperidine rings is 1. The Morgan fingerprint density at radius 1 is 1.18 bits per heavy atom. The molecule has 1 aliphatic rings. The fraction of sp³-hybridized carbons (Fsp3) is 0.333. The van der Waals surface area contributed by atoms with E-state index < -0.39 is 28.4 Å². The SMILES string of the molecule is COc1cc(OC2CCC(=O)NC2=O)cc(OS(=O)(=O)F)c1. The molecule has 0 spiro atoms.